The Morgan fingerprint density at radius 3 is 2.65 bits per heavy atom. The molecular weight excluding hydrogens is 562 g/mol. The first-order chi connectivity index (χ1) is 20.8. The zero-order valence-corrected chi connectivity index (χ0v) is 25.1. The van der Waals surface area contributed by atoms with Gasteiger partial charge in [0.2, 0.25) is 0 Å². The highest BCUT2D eigenvalue weighted by atomic mass is 35.5. The molecule has 1 aliphatic rings. The highest BCUT2D eigenvalue weighted by molar-refractivity contribution is 6.30. The van der Waals surface area contributed by atoms with E-state index in [1.807, 2.05) is 6.07 Å². The SMILES string of the molecule is CC(C)c1cccc(-c2cccc3c2CCC3)c1.N#Cc1cncc(COc2ccc(Cl)cc2CNC(CO)C(=O)O)c1. The number of halogens is 1. The number of benzene rings is 3. The molecule has 1 atom stereocenters. The lowest BCUT2D eigenvalue weighted by atomic mass is 9.93. The lowest BCUT2D eigenvalue weighted by molar-refractivity contribution is -0.140. The van der Waals surface area contributed by atoms with E-state index in [0.717, 1.165) is 5.56 Å². The van der Waals surface area contributed by atoms with Crippen molar-refractivity contribution >= 4 is 17.6 Å². The minimum atomic E-state index is -1.15. The quantitative estimate of drug-likeness (QED) is 0.187. The molecule has 1 unspecified atom stereocenters. The Hall–Kier alpha value is -4.22. The fourth-order valence-corrected chi connectivity index (χ4v) is 5.23. The van der Waals surface area contributed by atoms with E-state index in [1.54, 1.807) is 41.6 Å². The molecule has 1 aliphatic carbocycles. The minimum Gasteiger partial charge on any atom is -0.489 e. The van der Waals surface area contributed by atoms with Gasteiger partial charge in [-0.3, -0.25) is 15.1 Å². The molecule has 0 saturated carbocycles. The van der Waals surface area contributed by atoms with Crippen LogP contribution in [-0.4, -0.2) is 33.8 Å². The molecule has 1 aromatic heterocycles. The fourth-order valence-electron chi connectivity index (χ4n) is 5.03. The molecule has 0 saturated heterocycles. The Labute approximate surface area is 257 Å². The van der Waals surface area contributed by atoms with Gasteiger partial charge >= 0.3 is 5.97 Å². The van der Waals surface area contributed by atoms with Crippen LogP contribution in [0.3, 0.4) is 0 Å². The molecule has 4 aromatic rings. The summed E-state index contributed by atoms with van der Waals surface area (Å²) in [6.45, 7) is 4.34. The first-order valence-electron chi connectivity index (χ1n) is 14.3. The van der Waals surface area contributed by atoms with Crippen molar-refractivity contribution in [2.45, 2.75) is 58.2 Å². The van der Waals surface area contributed by atoms with Crippen LogP contribution in [-0.2, 0) is 30.8 Å². The molecule has 3 aromatic carbocycles. The molecule has 0 spiro atoms. The van der Waals surface area contributed by atoms with Gasteiger partial charge in [0, 0.05) is 35.1 Å². The van der Waals surface area contributed by atoms with Gasteiger partial charge in [-0.15, -0.1) is 0 Å². The number of hydrogen-bond donors (Lipinski definition) is 3. The van der Waals surface area contributed by atoms with Crippen molar-refractivity contribution in [3.8, 4) is 22.9 Å². The van der Waals surface area contributed by atoms with Crippen LogP contribution in [0, 0.1) is 11.3 Å². The summed E-state index contributed by atoms with van der Waals surface area (Å²) in [6, 6.07) is 23.4. The number of nitrogens with one attached hydrogen (secondary N) is 1. The molecular formula is C35H36ClN3O4. The predicted octanol–water partition coefficient (Wildman–Crippen LogP) is 6.69. The molecule has 7 nitrogen and oxygen atoms in total. The zero-order valence-electron chi connectivity index (χ0n) is 24.4. The fraction of sp³-hybridized carbons (Fsp3) is 0.286. The highest BCUT2D eigenvalue weighted by Crippen LogP contribution is 2.33. The number of fused-ring (bicyclic) bond motifs is 1. The maximum atomic E-state index is 11.0. The van der Waals surface area contributed by atoms with E-state index in [0.29, 0.717) is 27.8 Å². The van der Waals surface area contributed by atoms with E-state index in [9.17, 15) is 4.79 Å². The lowest BCUT2D eigenvalue weighted by Crippen LogP contribution is -2.39. The number of aliphatic hydroxyl groups excluding tert-OH is 1. The highest BCUT2D eigenvalue weighted by Gasteiger charge is 2.17. The number of carboxylic acids is 1. The average molecular weight is 598 g/mol. The zero-order chi connectivity index (χ0) is 30.8. The smallest absolute Gasteiger partial charge is 0.323 e. The number of nitrogens with zero attached hydrogens (tertiary/aromatic N) is 2. The third-order valence-corrected chi connectivity index (χ3v) is 7.61. The van der Waals surface area contributed by atoms with Crippen LogP contribution in [0.15, 0.2) is 79.1 Å². The van der Waals surface area contributed by atoms with Gasteiger partial charge in [-0.25, -0.2) is 0 Å². The number of aliphatic hydroxyl groups is 1. The monoisotopic (exact) mass is 597 g/mol. The first kappa shape index (κ1) is 31.7. The Balaban J connectivity index is 0.000000206. The molecule has 0 radical (unpaired) electrons. The molecule has 3 N–H and O–H groups in total. The number of hydrogen-bond acceptors (Lipinski definition) is 6. The Bertz CT molecular complexity index is 1600. The average Bonchev–Trinajstić information content (AvgIpc) is 3.50. The van der Waals surface area contributed by atoms with E-state index in [4.69, 9.17) is 31.8 Å². The van der Waals surface area contributed by atoms with E-state index in [2.05, 4.69) is 66.6 Å². The summed E-state index contributed by atoms with van der Waals surface area (Å²) in [5.74, 6) is -0.0329. The van der Waals surface area contributed by atoms with Gasteiger partial charge in [-0.2, -0.15) is 5.26 Å². The molecule has 0 bridgehead atoms. The van der Waals surface area contributed by atoms with Gasteiger partial charge in [0.25, 0.3) is 0 Å². The summed E-state index contributed by atoms with van der Waals surface area (Å²) in [7, 11) is 0. The van der Waals surface area contributed by atoms with Gasteiger partial charge in [-0.05, 0) is 77.3 Å². The standard InChI is InChI=1S/C18H20.C17H16ClN3O4/c1-13(2)15-8-3-9-16(12-15)18-11-5-7-14-6-4-10-17(14)18;18-14-1-2-16(13(4-14)8-21-15(9-22)17(23)24)25-10-12-3-11(5-19)6-20-7-12/h3,5,7-9,11-13H,4,6,10H2,1-2H3;1-4,6-7,15,21-22H,8-10H2,(H,23,24). The maximum absolute atomic E-state index is 11.0. The van der Waals surface area contributed by atoms with Crippen molar-refractivity contribution in [3.05, 3.63) is 118 Å². The van der Waals surface area contributed by atoms with Crippen LogP contribution in [0.2, 0.25) is 5.02 Å². The van der Waals surface area contributed by atoms with Crippen molar-refractivity contribution in [2.24, 2.45) is 0 Å². The second-order valence-electron chi connectivity index (χ2n) is 10.8. The second kappa shape index (κ2) is 15.3. The van der Waals surface area contributed by atoms with E-state index >= 15 is 0 Å². The molecule has 1 heterocycles. The lowest BCUT2D eigenvalue weighted by Gasteiger charge is -2.15. The van der Waals surface area contributed by atoms with Gasteiger partial charge in [0.05, 0.1) is 12.2 Å². The number of aliphatic carboxylic acids is 1. The van der Waals surface area contributed by atoms with Crippen molar-refractivity contribution in [2.75, 3.05) is 6.61 Å². The summed E-state index contributed by atoms with van der Waals surface area (Å²) in [5.41, 5.74) is 9.23. The molecule has 0 fully saturated rings. The van der Waals surface area contributed by atoms with Gasteiger partial charge in [0.15, 0.2) is 0 Å². The van der Waals surface area contributed by atoms with Crippen LogP contribution >= 0.6 is 11.6 Å². The summed E-state index contributed by atoms with van der Waals surface area (Å²) in [4.78, 5) is 14.9. The van der Waals surface area contributed by atoms with Crippen LogP contribution in [0.25, 0.3) is 11.1 Å². The number of pyridine rings is 1. The first-order valence-corrected chi connectivity index (χ1v) is 14.7. The topological polar surface area (TPSA) is 115 Å². The Kier molecular flexibility index (Phi) is 11.3. The molecule has 43 heavy (non-hydrogen) atoms. The van der Waals surface area contributed by atoms with Crippen molar-refractivity contribution in [1.29, 1.82) is 5.26 Å². The molecule has 5 rings (SSSR count). The molecule has 222 valence electrons. The third-order valence-electron chi connectivity index (χ3n) is 7.37. The number of aryl methyl sites for hydroxylation is 1. The minimum absolute atomic E-state index is 0.157. The molecule has 8 heteroatoms. The number of rotatable bonds is 10. The summed E-state index contributed by atoms with van der Waals surface area (Å²) in [5, 5.41) is 30.1. The van der Waals surface area contributed by atoms with E-state index < -0.39 is 18.6 Å². The van der Waals surface area contributed by atoms with Crippen molar-refractivity contribution < 1.29 is 19.7 Å². The number of aromatic nitrogens is 1. The summed E-state index contributed by atoms with van der Waals surface area (Å²) in [6.07, 6.45) is 6.88. The number of carbonyl (C=O) groups is 1. The summed E-state index contributed by atoms with van der Waals surface area (Å²) >= 11 is 5.99. The Morgan fingerprint density at radius 1 is 1.09 bits per heavy atom. The number of nitriles is 1. The normalized spacial score (nSPS) is 12.6. The predicted molar refractivity (Wildman–Crippen MR) is 168 cm³/mol. The van der Waals surface area contributed by atoms with Crippen molar-refractivity contribution in [1.82, 2.24) is 10.3 Å². The molecule has 0 aliphatic heterocycles. The largest absolute Gasteiger partial charge is 0.489 e. The van der Waals surface area contributed by atoms with Crippen LogP contribution < -0.4 is 10.1 Å². The van der Waals surface area contributed by atoms with Gasteiger partial charge in [0.1, 0.15) is 24.5 Å². The van der Waals surface area contributed by atoms with Crippen molar-refractivity contribution in [3.63, 3.8) is 0 Å². The third kappa shape index (κ3) is 8.65. The second-order valence-corrected chi connectivity index (χ2v) is 11.2. The number of carboxylic acid groups (broad SMARTS) is 1. The van der Waals surface area contributed by atoms with E-state index in [1.165, 1.54) is 42.1 Å². The Morgan fingerprint density at radius 2 is 1.91 bits per heavy atom. The van der Waals surface area contributed by atoms with Crippen LogP contribution in [0.1, 0.15) is 59.6 Å². The van der Waals surface area contributed by atoms with Gasteiger partial charge in [-0.1, -0.05) is 67.9 Å². The van der Waals surface area contributed by atoms with Crippen LogP contribution in [0.5, 0.6) is 5.75 Å². The number of ether oxygens (including phenoxy) is 1. The summed E-state index contributed by atoms with van der Waals surface area (Å²) < 4.78 is 5.75. The van der Waals surface area contributed by atoms with Gasteiger partial charge < -0.3 is 14.9 Å². The molecule has 0 amide bonds. The van der Waals surface area contributed by atoms with Crippen LogP contribution in [0.4, 0.5) is 0 Å². The maximum Gasteiger partial charge on any atom is 0.323 e. The van der Waals surface area contributed by atoms with E-state index in [-0.39, 0.29) is 13.2 Å².